The maximum Gasteiger partial charge on any atom is 0.357 e. The fraction of sp³-hybridized carbons (Fsp3) is 0.0800. The van der Waals surface area contributed by atoms with E-state index in [9.17, 15) is 19.7 Å². The first kappa shape index (κ1) is 25.0. The number of esters is 2. The van der Waals surface area contributed by atoms with Gasteiger partial charge in [-0.15, -0.1) is 0 Å². The molecule has 0 N–H and O–H groups in total. The maximum absolute atomic E-state index is 12.8. The molecule has 0 saturated carbocycles. The molecule has 1 aromatic heterocycles. The summed E-state index contributed by atoms with van der Waals surface area (Å²) in [6.07, 6.45) is 0. The number of aromatic nitrogens is 2. The third-order valence-electron chi connectivity index (χ3n) is 5.12. The van der Waals surface area contributed by atoms with Crippen LogP contribution < -0.4 is 0 Å². The van der Waals surface area contributed by atoms with Gasteiger partial charge in [-0.05, 0) is 42.5 Å². The number of methoxy groups -OCH3 is 2. The van der Waals surface area contributed by atoms with Crippen molar-refractivity contribution in [1.29, 1.82) is 0 Å². The Morgan fingerprint density at radius 3 is 2.25 bits per heavy atom. The zero-order valence-corrected chi connectivity index (χ0v) is 20.6. The molecule has 0 fully saturated rings. The van der Waals surface area contributed by atoms with Crippen LogP contribution in [0.15, 0.2) is 82.6 Å². The first-order valence-corrected chi connectivity index (χ1v) is 11.6. The molecule has 0 amide bonds. The lowest BCUT2D eigenvalue weighted by Gasteiger charge is -2.07. The Labute approximate surface area is 214 Å². The molecule has 0 atom stereocenters. The van der Waals surface area contributed by atoms with Crippen molar-refractivity contribution >= 4 is 41.0 Å². The van der Waals surface area contributed by atoms with Crippen molar-refractivity contribution in [3.63, 3.8) is 0 Å². The number of rotatable bonds is 7. The highest BCUT2D eigenvalue weighted by molar-refractivity contribution is 7.99. The molecule has 4 rings (SSSR count). The lowest BCUT2D eigenvalue weighted by molar-refractivity contribution is -0.387. The van der Waals surface area contributed by atoms with Gasteiger partial charge in [-0.2, -0.15) is 5.10 Å². The van der Waals surface area contributed by atoms with Gasteiger partial charge in [0.2, 0.25) is 0 Å². The molecule has 0 spiro atoms. The standard InChI is InChI=1S/C25H18ClN3O6S/c1-34-24(30)21-22(27-28(23(21)25(31)35-2)17-6-4-3-5-7-17)15-8-13-20(19(14-15)29(32)33)36-18-11-9-16(26)10-12-18/h3-14H,1-2H3. The Morgan fingerprint density at radius 1 is 0.972 bits per heavy atom. The van der Waals surface area contributed by atoms with Gasteiger partial charge in [-0.3, -0.25) is 10.1 Å². The van der Waals surface area contributed by atoms with E-state index >= 15 is 0 Å². The van der Waals surface area contributed by atoms with Gasteiger partial charge in [0, 0.05) is 21.5 Å². The van der Waals surface area contributed by atoms with E-state index in [2.05, 4.69) is 5.10 Å². The molecule has 3 aromatic carbocycles. The number of hydrogen-bond donors (Lipinski definition) is 0. The van der Waals surface area contributed by atoms with E-state index in [1.807, 2.05) is 0 Å². The summed E-state index contributed by atoms with van der Waals surface area (Å²) in [4.78, 5) is 38.1. The summed E-state index contributed by atoms with van der Waals surface area (Å²) in [7, 11) is 2.35. The number of para-hydroxylation sites is 1. The van der Waals surface area contributed by atoms with Crippen molar-refractivity contribution in [3.05, 3.63) is 99.2 Å². The van der Waals surface area contributed by atoms with Crippen molar-refractivity contribution in [3.8, 4) is 16.9 Å². The van der Waals surface area contributed by atoms with Crippen molar-refractivity contribution < 1.29 is 24.0 Å². The summed E-state index contributed by atoms with van der Waals surface area (Å²) in [5.41, 5.74) is 0.254. The zero-order valence-electron chi connectivity index (χ0n) is 19.0. The van der Waals surface area contributed by atoms with Gasteiger partial charge in [-0.25, -0.2) is 14.3 Å². The number of halogens is 1. The monoisotopic (exact) mass is 523 g/mol. The summed E-state index contributed by atoms with van der Waals surface area (Å²) in [6.45, 7) is 0. The molecular weight excluding hydrogens is 506 g/mol. The minimum Gasteiger partial charge on any atom is -0.465 e. The highest BCUT2D eigenvalue weighted by atomic mass is 35.5. The third-order valence-corrected chi connectivity index (χ3v) is 6.45. The van der Waals surface area contributed by atoms with Gasteiger partial charge in [0.15, 0.2) is 5.69 Å². The number of ether oxygens (including phenoxy) is 2. The molecule has 0 aliphatic heterocycles. The quantitative estimate of drug-likeness (QED) is 0.169. The van der Waals surface area contributed by atoms with E-state index in [-0.39, 0.29) is 28.2 Å². The molecule has 182 valence electrons. The Hall–Kier alpha value is -4.15. The molecule has 4 aromatic rings. The number of carbonyl (C=O) groups is 2. The van der Waals surface area contributed by atoms with Gasteiger partial charge in [-0.1, -0.05) is 47.6 Å². The van der Waals surface area contributed by atoms with Crippen LogP contribution in [0.4, 0.5) is 5.69 Å². The highest BCUT2D eigenvalue weighted by Gasteiger charge is 2.32. The van der Waals surface area contributed by atoms with Crippen LogP contribution in [-0.2, 0) is 9.47 Å². The maximum atomic E-state index is 12.8. The average molecular weight is 524 g/mol. The van der Waals surface area contributed by atoms with Crippen LogP contribution in [-0.4, -0.2) is 40.9 Å². The molecule has 0 radical (unpaired) electrons. The smallest absolute Gasteiger partial charge is 0.357 e. The van der Waals surface area contributed by atoms with Crippen LogP contribution in [0.3, 0.4) is 0 Å². The molecule has 11 heteroatoms. The van der Waals surface area contributed by atoms with Gasteiger partial charge in [0.1, 0.15) is 11.3 Å². The van der Waals surface area contributed by atoms with Crippen molar-refractivity contribution in [2.24, 2.45) is 0 Å². The van der Waals surface area contributed by atoms with E-state index in [1.54, 1.807) is 66.7 Å². The van der Waals surface area contributed by atoms with Crippen LogP contribution in [0.5, 0.6) is 0 Å². The number of nitrogens with zero attached hydrogens (tertiary/aromatic N) is 3. The molecule has 1 heterocycles. The molecule has 0 saturated heterocycles. The second-order valence-corrected chi connectivity index (χ2v) is 8.85. The topological polar surface area (TPSA) is 114 Å². The molecular formula is C25H18ClN3O6S. The summed E-state index contributed by atoms with van der Waals surface area (Å²) < 4.78 is 11.1. The third kappa shape index (κ3) is 4.95. The van der Waals surface area contributed by atoms with Crippen LogP contribution in [0.1, 0.15) is 20.8 Å². The largest absolute Gasteiger partial charge is 0.465 e. The van der Waals surface area contributed by atoms with Gasteiger partial charge in [0.25, 0.3) is 5.69 Å². The number of hydrogen-bond acceptors (Lipinski definition) is 8. The van der Waals surface area contributed by atoms with E-state index in [0.29, 0.717) is 15.6 Å². The lowest BCUT2D eigenvalue weighted by Crippen LogP contribution is -2.15. The predicted octanol–water partition coefficient (Wildman–Crippen LogP) is 5.83. The van der Waals surface area contributed by atoms with Crippen molar-refractivity contribution in [2.75, 3.05) is 14.2 Å². The summed E-state index contributed by atoms with van der Waals surface area (Å²) in [6, 6.07) is 20.0. The van der Waals surface area contributed by atoms with Crippen LogP contribution in [0.2, 0.25) is 5.02 Å². The normalized spacial score (nSPS) is 10.6. The molecule has 0 aliphatic rings. The first-order chi connectivity index (χ1) is 17.3. The molecule has 0 unspecified atom stereocenters. The van der Waals surface area contributed by atoms with Crippen LogP contribution in [0.25, 0.3) is 16.9 Å². The van der Waals surface area contributed by atoms with Gasteiger partial charge in [0.05, 0.1) is 29.7 Å². The van der Waals surface area contributed by atoms with E-state index in [1.165, 1.54) is 36.7 Å². The zero-order chi connectivity index (χ0) is 25.8. The van der Waals surface area contributed by atoms with Crippen LogP contribution in [0, 0.1) is 10.1 Å². The van der Waals surface area contributed by atoms with E-state index < -0.39 is 16.9 Å². The molecule has 0 aliphatic carbocycles. The number of nitro benzene ring substituents is 1. The van der Waals surface area contributed by atoms with Crippen molar-refractivity contribution in [2.45, 2.75) is 9.79 Å². The Balaban J connectivity index is 1.91. The highest BCUT2D eigenvalue weighted by Crippen LogP contribution is 2.39. The summed E-state index contributed by atoms with van der Waals surface area (Å²) >= 11 is 7.12. The fourth-order valence-electron chi connectivity index (χ4n) is 3.48. The Kier molecular flexibility index (Phi) is 7.37. The Morgan fingerprint density at radius 2 is 1.64 bits per heavy atom. The minimum absolute atomic E-state index is 0.0391. The van der Waals surface area contributed by atoms with Gasteiger partial charge < -0.3 is 9.47 Å². The molecule has 36 heavy (non-hydrogen) atoms. The van der Waals surface area contributed by atoms with E-state index in [4.69, 9.17) is 21.1 Å². The summed E-state index contributed by atoms with van der Waals surface area (Å²) in [5, 5.41) is 17.0. The minimum atomic E-state index is -0.838. The first-order valence-electron chi connectivity index (χ1n) is 10.4. The number of carbonyl (C=O) groups excluding carboxylic acids is 2. The second-order valence-electron chi connectivity index (χ2n) is 7.30. The predicted molar refractivity (Wildman–Crippen MR) is 134 cm³/mol. The number of nitro groups is 1. The molecule has 0 bridgehead atoms. The fourth-order valence-corrected chi connectivity index (χ4v) is 4.51. The number of benzene rings is 3. The average Bonchev–Trinajstić information content (AvgIpc) is 3.30. The van der Waals surface area contributed by atoms with E-state index in [0.717, 1.165) is 4.90 Å². The van der Waals surface area contributed by atoms with Crippen LogP contribution >= 0.6 is 23.4 Å². The van der Waals surface area contributed by atoms with Crippen molar-refractivity contribution in [1.82, 2.24) is 9.78 Å². The lowest BCUT2D eigenvalue weighted by atomic mass is 10.0. The second kappa shape index (κ2) is 10.6. The van der Waals surface area contributed by atoms with Gasteiger partial charge >= 0.3 is 11.9 Å². The summed E-state index contributed by atoms with van der Waals surface area (Å²) in [5.74, 6) is -1.66. The Bertz CT molecular complexity index is 1450. The molecule has 9 nitrogen and oxygen atoms in total. The SMILES string of the molecule is COC(=O)c1c(-c2ccc(Sc3ccc(Cl)cc3)c([N+](=O)[O-])c2)nn(-c2ccccc2)c1C(=O)OC.